The lowest BCUT2D eigenvalue weighted by atomic mass is 10.1. The number of nitrogens with zero attached hydrogens (tertiary/aromatic N) is 1. The molecule has 0 spiro atoms. The molecule has 0 aliphatic carbocycles. The summed E-state index contributed by atoms with van der Waals surface area (Å²) in [5.74, 6) is -0.645. The van der Waals surface area contributed by atoms with E-state index >= 15 is 0 Å². The van der Waals surface area contributed by atoms with Crippen molar-refractivity contribution in [2.75, 3.05) is 6.61 Å². The highest BCUT2D eigenvalue weighted by molar-refractivity contribution is 6.74. The van der Waals surface area contributed by atoms with Crippen molar-refractivity contribution in [3.63, 3.8) is 0 Å². The van der Waals surface area contributed by atoms with Gasteiger partial charge in [-0.2, -0.15) is 5.26 Å². The van der Waals surface area contributed by atoms with Crippen LogP contribution in [0.2, 0.25) is 18.1 Å². The molecule has 24 heavy (non-hydrogen) atoms. The van der Waals surface area contributed by atoms with E-state index in [0.717, 1.165) is 6.42 Å². The highest BCUT2D eigenvalue weighted by atomic mass is 28.4. The van der Waals surface area contributed by atoms with Gasteiger partial charge in [0.25, 0.3) is 6.26 Å². The highest BCUT2D eigenvalue weighted by Crippen LogP contribution is 2.38. The van der Waals surface area contributed by atoms with E-state index in [1.165, 1.54) is 0 Å². The minimum atomic E-state index is -1.84. The van der Waals surface area contributed by atoms with Crippen LogP contribution in [0.5, 0.6) is 0 Å². The van der Waals surface area contributed by atoms with Gasteiger partial charge >= 0.3 is 0 Å². The van der Waals surface area contributed by atoms with Gasteiger partial charge in [-0.15, -0.1) is 0 Å². The van der Waals surface area contributed by atoms with Crippen molar-refractivity contribution in [2.24, 2.45) is 0 Å². The molecule has 0 radical (unpaired) electrons. The monoisotopic (exact) mass is 355 g/mol. The van der Waals surface area contributed by atoms with E-state index in [-0.39, 0.29) is 23.4 Å². The standard InChI is InChI=1S/C18H33NO4Si/c1-9-14(20-13-19)10-11-15-16(23-18(5,6)22-15)12-21-24(7,8)17(2,3)4/h10-11,14-16H,9,12H2,1-8H3/b11-10+/t14-,15-,16-/m0/s1. The summed E-state index contributed by atoms with van der Waals surface area (Å²) in [6, 6.07) is 0. The fraction of sp³-hybridized carbons (Fsp3) is 0.833. The third-order valence-electron chi connectivity index (χ3n) is 4.76. The average Bonchev–Trinajstić information content (AvgIpc) is 2.74. The van der Waals surface area contributed by atoms with Crippen LogP contribution in [0.15, 0.2) is 12.2 Å². The molecule has 138 valence electrons. The Morgan fingerprint density at radius 2 is 1.92 bits per heavy atom. The first kappa shape index (κ1) is 21.2. The first-order valence-corrected chi connectivity index (χ1v) is 11.6. The summed E-state index contributed by atoms with van der Waals surface area (Å²) in [6.07, 6.45) is 5.67. The Hall–Kier alpha value is -0.873. The molecule has 0 saturated carbocycles. The van der Waals surface area contributed by atoms with E-state index in [1.54, 1.807) is 6.26 Å². The molecule has 1 rings (SSSR count). The van der Waals surface area contributed by atoms with Crippen LogP contribution >= 0.6 is 0 Å². The minimum absolute atomic E-state index is 0.154. The Bertz CT molecular complexity index is 476. The molecule has 0 N–H and O–H groups in total. The first-order chi connectivity index (χ1) is 10.9. The van der Waals surface area contributed by atoms with Crippen molar-refractivity contribution in [1.29, 1.82) is 5.26 Å². The Balaban J connectivity index is 2.76. The maximum Gasteiger partial charge on any atom is 0.286 e. The summed E-state index contributed by atoms with van der Waals surface area (Å²) in [5.41, 5.74) is 0. The third kappa shape index (κ3) is 5.89. The first-order valence-electron chi connectivity index (χ1n) is 8.64. The Morgan fingerprint density at radius 3 is 2.42 bits per heavy atom. The van der Waals surface area contributed by atoms with Gasteiger partial charge in [0.2, 0.25) is 0 Å². The fourth-order valence-corrected chi connectivity index (χ4v) is 3.24. The van der Waals surface area contributed by atoms with Gasteiger partial charge in [0.15, 0.2) is 14.1 Å². The van der Waals surface area contributed by atoms with E-state index in [0.29, 0.717) is 6.61 Å². The van der Waals surface area contributed by atoms with Crippen LogP contribution in [-0.2, 0) is 18.6 Å². The van der Waals surface area contributed by atoms with Gasteiger partial charge in [0.1, 0.15) is 18.3 Å². The number of hydrogen-bond donors (Lipinski definition) is 0. The Kier molecular flexibility index (Phi) is 7.06. The summed E-state index contributed by atoms with van der Waals surface area (Å²) in [4.78, 5) is 0. The van der Waals surface area contributed by atoms with Crippen molar-refractivity contribution in [1.82, 2.24) is 0 Å². The van der Waals surface area contributed by atoms with Gasteiger partial charge in [-0.25, -0.2) is 0 Å². The van der Waals surface area contributed by atoms with Crippen LogP contribution in [-0.4, -0.2) is 39.0 Å². The normalized spacial score (nSPS) is 25.6. The average molecular weight is 356 g/mol. The van der Waals surface area contributed by atoms with Crippen LogP contribution in [0, 0.1) is 11.5 Å². The maximum atomic E-state index is 8.67. The zero-order valence-corrected chi connectivity index (χ0v) is 17.4. The van der Waals surface area contributed by atoms with E-state index in [9.17, 15) is 0 Å². The molecule has 1 aliphatic heterocycles. The fourth-order valence-electron chi connectivity index (χ4n) is 2.22. The molecule has 1 aliphatic rings. The van der Waals surface area contributed by atoms with Gasteiger partial charge in [0, 0.05) is 0 Å². The predicted molar refractivity (Wildman–Crippen MR) is 96.9 cm³/mol. The molecule has 1 fully saturated rings. The van der Waals surface area contributed by atoms with Crippen LogP contribution in [0.1, 0.15) is 48.0 Å². The lowest BCUT2D eigenvalue weighted by Gasteiger charge is -2.37. The summed E-state index contributed by atoms with van der Waals surface area (Å²) in [7, 11) is -1.84. The number of hydrogen-bond acceptors (Lipinski definition) is 5. The van der Waals surface area contributed by atoms with Gasteiger partial charge in [0.05, 0.1) is 6.61 Å². The zero-order valence-electron chi connectivity index (χ0n) is 16.4. The molecule has 1 saturated heterocycles. The molecular weight excluding hydrogens is 322 g/mol. The molecule has 3 atom stereocenters. The summed E-state index contributed by atoms with van der Waals surface area (Å²) in [5, 5.41) is 8.82. The third-order valence-corrected chi connectivity index (χ3v) is 9.26. The molecule has 6 heteroatoms. The van der Waals surface area contributed by atoms with Crippen molar-refractivity contribution < 1.29 is 18.6 Å². The number of rotatable bonds is 7. The van der Waals surface area contributed by atoms with E-state index < -0.39 is 14.1 Å². The minimum Gasteiger partial charge on any atom is -0.420 e. The molecule has 0 aromatic carbocycles. The van der Waals surface area contributed by atoms with Gasteiger partial charge < -0.3 is 18.6 Å². The van der Waals surface area contributed by atoms with Crippen molar-refractivity contribution in [3.8, 4) is 6.26 Å². The van der Waals surface area contributed by atoms with Gasteiger partial charge in [-0.3, -0.25) is 0 Å². The van der Waals surface area contributed by atoms with E-state index in [2.05, 4.69) is 33.9 Å². The molecule has 0 aromatic rings. The zero-order chi connectivity index (χ0) is 18.6. The molecule has 5 nitrogen and oxygen atoms in total. The Labute approximate surface area is 148 Å². The van der Waals surface area contributed by atoms with Crippen molar-refractivity contribution in [3.05, 3.63) is 12.2 Å². The maximum absolute atomic E-state index is 8.67. The summed E-state index contributed by atoms with van der Waals surface area (Å²) < 4.78 is 23.3. The second kappa shape index (κ2) is 8.00. The molecule has 0 unspecified atom stereocenters. The van der Waals surface area contributed by atoms with Crippen LogP contribution < -0.4 is 0 Å². The van der Waals surface area contributed by atoms with Crippen molar-refractivity contribution >= 4 is 8.32 Å². The van der Waals surface area contributed by atoms with Crippen LogP contribution in [0.3, 0.4) is 0 Å². The highest BCUT2D eigenvalue weighted by Gasteiger charge is 2.43. The molecule has 0 aromatic heterocycles. The molecular formula is C18H33NO4Si. The summed E-state index contributed by atoms with van der Waals surface area (Å²) in [6.45, 7) is 17.4. The van der Waals surface area contributed by atoms with Crippen LogP contribution in [0.4, 0.5) is 0 Å². The van der Waals surface area contributed by atoms with E-state index in [4.69, 9.17) is 23.9 Å². The quantitative estimate of drug-likeness (QED) is 0.386. The number of ether oxygens (including phenoxy) is 3. The topological polar surface area (TPSA) is 60.7 Å². The second-order valence-corrected chi connectivity index (χ2v) is 13.1. The number of nitriles is 1. The lowest BCUT2D eigenvalue weighted by molar-refractivity contribution is -0.145. The largest absolute Gasteiger partial charge is 0.420 e. The van der Waals surface area contributed by atoms with Gasteiger partial charge in [-0.1, -0.05) is 33.8 Å². The molecule has 0 amide bonds. The second-order valence-electron chi connectivity index (χ2n) is 8.25. The summed E-state index contributed by atoms with van der Waals surface area (Å²) >= 11 is 0. The Morgan fingerprint density at radius 1 is 1.29 bits per heavy atom. The molecule has 0 bridgehead atoms. The smallest absolute Gasteiger partial charge is 0.286 e. The van der Waals surface area contributed by atoms with E-state index in [1.807, 2.05) is 32.9 Å². The molecule has 1 heterocycles. The SMILES string of the molecule is CC[C@@H](/C=C/[C@@H]1OC(C)(C)O[C@H]1CO[Si](C)(C)C(C)(C)C)OC#N. The van der Waals surface area contributed by atoms with Crippen molar-refractivity contribution in [2.45, 2.75) is 90.2 Å². The lowest BCUT2D eigenvalue weighted by Crippen LogP contribution is -2.43. The van der Waals surface area contributed by atoms with Gasteiger partial charge in [-0.05, 0) is 44.5 Å². The predicted octanol–water partition coefficient (Wildman–Crippen LogP) is 4.36. The van der Waals surface area contributed by atoms with Crippen LogP contribution in [0.25, 0.3) is 0 Å².